The highest BCUT2D eigenvalue weighted by molar-refractivity contribution is 9.08. The number of para-hydroxylation sites is 1. The summed E-state index contributed by atoms with van der Waals surface area (Å²) in [7, 11) is 0. The smallest absolute Gasteiger partial charge is 0.167 e. The van der Waals surface area contributed by atoms with E-state index in [9.17, 15) is 4.39 Å². The van der Waals surface area contributed by atoms with Gasteiger partial charge in [0.1, 0.15) is 5.75 Å². The van der Waals surface area contributed by atoms with Gasteiger partial charge in [-0.15, -0.1) is 0 Å². The SMILES string of the molecule is Cc1ccc(C(C)C)cc1Oc1c(F)cccc1CBr. The number of aryl methyl sites for hydroxylation is 1. The van der Waals surface area contributed by atoms with Gasteiger partial charge in [0.25, 0.3) is 0 Å². The summed E-state index contributed by atoms with van der Waals surface area (Å²) in [6.07, 6.45) is 0. The van der Waals surface area contributed by atoms with Gasteiger partial charge in [-0.25, -0.2) is 4.39 Å². The van der Waals surface area contributed by atoms with Crippen LogP contribution in [-0.4, -0.2) is 0 Å². The molecule has 0 fully saturated rings. The Bertz CT molecular complexity index is 608. The molecule has 0 bridgehead atoms. The Balaban J connectivity index is 2.42. The molecule has 2 aromatic carbocycles. The van der Waals surface area contributed by atoms with Gasteiger partial charge < -0.3 is 4.74 Å². The van der Waals surface area contributed by atoms with Crippen molar-refractivity contribution in [1.29, 1.82) is 0 Å². The standard InChI is InChI=1S/C17H18BrFO/c1-11(2)13-8-7-12(3)16(9-13)20-17-14(10-18)5-4-6-15(17)19/h4-9,11H,10H2,1-3H3. The van der Waals surface area contributed by atoms with Crippen LogP contribution in [0, 0.1) is 12.7 Å². The summed E-state index contributed by atoms with van der Waals surface area (Å²) in [5, 5.41) is 0.559. The molecule has 2 aromatic rings. The molecule has 0 aliphatic rings. The maximum Gasteiger partial charge on any atom is 0.167 e. The largest absolute Gasteiger partial charge is 0.454 e. The lowest BCUT2D eigenvalue weighted by molar-refractivity contribution is 0.435. The van der Waals surface area contributed by atoms with Crippen LogP contribution in [0.15, 0.2) is 36.4 Å². The molecule has 0 saturated heterocycles. The number of ether oxygens (including phenoxy) is 1. The highest BCUT2D eigenvalue weighted by Gasteiger charge is 2.12. The highest BCUT2D eigenvalue weighted by Crippen LogP contribution is 2.33. The molecular formula is C17H18BrFO. The van der Waals surface area contributed by atoms with Crippen LogP contribution in [0.2, 0.25) is 0 Å². The van der Waals surface area contributed by atoms with Crippen molar-refractivity contribution in [3.05, 3.63) is 58.9 Å². The minimum atomic E-state index is -0.337. The van der Waals surface area contributed by atoms with E-state index in [0.717, 1.165) is 11.1 Å². The molecule has 0 heterocycles. The zero-order valence-corrected chi connectivity index (χ0v) is 13.5. The van der Waals surface area contributed by atoms with E-state index >= 15 is 0 Å². The van der Waals surface area contributed by atoms with Crippen molar-refractivity contribution < 1.29 is 9.13 Å². The molecule has 0 unspecified atom stereocenters. The molecular weight excluding hydrogens is 319 g/mol. The monoisotopic (exact) mass is 336 g/mol. The van der Waals surface area contributed by atoms with Crippen LogP contribution in [0.1, 0.15) is 36.5 Å². The van der Waals surface area contributed by atoms with Crippen molar-refractivity contribution in [2.24, 2.45) is 0 Å². The van der Waals surface area contributed by atoms with Gasteiger partial charge in [-0.1, -0.05) is 54.0 Å². The van der Waals surface area contributed by atoms with Crippen molar-refractivity contribution >= 4 is 15.9 Å². The summed E-state index contributed by atoms with van der Waals surface area (Å²) >= 11 is 3.37. The fourth-order valence-electron chi connectivity index (χ4n) is 1.97. The summed E-state index contributed by atoms with van der Waals surface area (Å²) in [6, 6.07) is 11.1. The number of rotatable bonds is 4. The molecule has 0 saturated carbocycles. The zero-order valence-electron chi connectivity index (χ0n) is 11.9. The summed E-state index contributed by atoms with van der Waals surface area (Å²) in [4.78, 5) is 0. The summed E-state index contributed by atoms with van der Waals surface area (Å²) in [6.45, 7) is 6.22. The quantitative estimate of drug-likeness (QED) is 0.627. The lowest BCUT2D eigenvalue weighted by atomic mass is 10.0. The zero-order chi connectivity index (χ0) is 14.7. The molecule has 0 aliphatic carbocycles. The number of alkyl halides is 1. The fourth-order valence-corrected chi connectivity index (χ4v) is 2.41. The average molecular weight is 337 g/mol. The van der Waals surface area contributed by atoms with E-state index in [4.69, 9.17) is 4.74 Å². The lowest BCUT2D eigenvalue weighted by Crippen LogP contribution is -1.96. The van der Waals surface area contributed by atoms with Gasteiger partial charge in [0.2, 0.25) is 0 Å². The van der Waals surface area contributed by atoms with Gasteiger partial charge in [0.15, 0.2) is 11.6 Å². The molecule has 0 radical (unpaired) electrons. The normalized spacial score (nSPS) is 10.9. The van der Waals surface area contributed by atoms with Crippen LogP contribution < -0.4 is 4.74 Å². The fraction of sp³-hybridized carbons (Fsp3) is 0.294. The van der Waals surface area contributed by atoms with E-state index < -0.39 is 0 Å². The summed E-state index contributed by atoms with van der Waals surface area (Å²) in [5.41, 5.74) is 2.99. The average Bonchev–Trinajstić information content (AvgIpc) is 2.42. The van der Waals surface area contributed by atoms with Crippen LogP contribution in [0.4, 0.5) is 4.39 Å². The maximum absolute atomic E-state index is 14.0. The van der Waals surface area contributed by atoms with Gasteiger partial charge in [0, 0.05) is 10.9 Å². The third-order valence-corrected chi connectivity index (χ3v) is 3.89. The number of hydrogen-bond donors (Lipinski definition) is 0. The van der Waals surface area contributed by atoms with Crippen LogP contribution in [0.25, 0.3) is 0 Å². The van der Waals surface area contributed by atoms with Crippen LogP contribution in [0.5, 0.6) is 11.5 Å². The van der Waals surface area contributed by atoms with Crippen molar-refractivity contribution in [1.82, 2.24) is 0 Å². The molecule has 0 aromatic heterocycles. The Hall–Kier alpha value is -1.35. The maximum atomic E-state index is 14.0. The third kappa shape index (κ3) is 3.21. The van der Waals surface area contributed by atoms with Crippen molar-refractivity contribution in [3.63, 3.8) is 0 Å². The lowest BCUT2D eigenvalue weighted by Gasteiger charge is -2.15. The predicted molar refractivity (Wildman–Crippen MR) is 84.4 cm³/mol. The van der Waals surface area contributed by atoms with Crippen molar-refractivity contribution in [2.45, 2.75) is 32.0 Å². The first-order chi connectivity index (χ1) is 9.52. The Morgan fingerprint density at radius 2 is 1.95 bits per heavy atom. The van der Waals surface area contributed by atoms with Crippen molar-refractivity contribution in [2.75, 3.05) is 0 Å². The van der Waals surface area contributed by atoms with Gasteiger partial charge >= 0.3 is 0 Å². The van der Waals surface area contributed by atoms with Crippen molar-refractivity contribution in [3.8, 4) is 11.5 Å². The van der Waals surface area contributed by atoms with E-state index in [-0.39, 0.29) is 5.82 Å². The molecule has 3 heteroatoms. The van der Waals surface area contributed by atoms with Crippen LogP contribution in [-0.2, 0) is 5.33 Å². The first-order valence-electron chi connectivity index (χ1n) is 6.64. The van der Waals surface area contributed by atoms with E-state index in [2.05, 4.69) is 35.8 Å². The van der Waals surface area contributed by atoms with Crippen LogP contribution >= 0.6 is 15.9 Å². The molecule has 20 heavy (non-hydrogen) atoms. The van der Waals surface area contributed by atoms with E-state index in [1.54, 1.807) is 6.07 Å². The number of benzene rings is 2. The predicted octanol–water partition coefficient (Wildman–Crippen LogP) is 5.94. The van der Waals surface area contributed by atoms with E-state index in [0.29, 0.717) is 22.7 Å². The van der Waals surface area contributed by atoms with E-state index in [1.165, 1.54) is 11.6 Å². The minimum absolute atomic E-state index is 0.299. The molecule has 0 N–H and O–H groups in total. The van der Waals surface area contributed by atoms with Gasteiger partial charge in [-0.2, -0.15) is 0 Å². The van der Waals surface area contributed by atoms with Gasteiger partial charge in [-0.05, 0) is 36.1 Å². The third-order valence-electron chi connectivity index (χ3n) is 3.28. The van der Waals surface area contributed by atoms with Gasteiger partial charge in [-0.3, -0.25) is 0 Å². The molecule has 2 rings (SSSR count). The molecule has 0 spiro atoms. The first-order valence-corrected chi connectivity index (χ1v) is 7.76. The first kappa shape index (κ1) is 15.0. The Morgan fingerprint density at radius 3 is 2.60 bits per heavy atom. The summed E-state index contributed by atoms with van der Waals surface area (Å²) in [5.74, 6) is 1.09. The molecule has 0 atom stereocenters. The van der Waals surface area contributed by atoms with E-state index in [1.807, 2.05) is 25.1 Å². The Morgan fingerprint density at radius 1 is 1.20 bits per heavy atom. The molecule has 0 aliphatic heterocycles. The Kier molecular flexibility index (Phi) is 4.81. The highest BCUT2D eigenvalue weighted by atomic mass is 79.9. The molecule has 0 amide bonds. The minimum Gasteiger partial charge on any atom is -0.454 e. The number of hydrogen-bond acceptors (Lipinski definition) is 1. The topological polar surface area (TPSA) is 9.23 Å². The Labute approximate surface area is 127 Å². The number of halogens is 2. The summed E-state index contributed by atoms with van der Waals surface area (Å²) < 4.78 is 19.8. The molecule has 106 valence electrons. The van der Waals surface area contributed by atoms with Crippen LogP contribution in [0.3, 0.4) is 0 Å². The van der Waals surface area contributed by atoms with Gasteiger partial charge in [0.05, 0.1) is 0 Å². The second kappa shape index (κ2) is 6.40. The molecule has 1 nitrogen and oxygen atoms in total. The second-order valence-corrected chi connectivity index (χ2v) is 5.70. The second-order valence-electron chi connectivity index (χ2n) is 5.14.